The van der Waals surface area contributed by atoms with Gasteiger partial charge in [-0.15, -0.1) is 0 Å². The van der Waals surface area contributed by atoms with E-state index in [2.05, 4.69) is 5.32 Å². The third-order valence-corrected chi connectivity index (χ3v) is 5.49. The van der Waals surface area contributed by atoms with E-state index in [0.717, 1.165) is 12.1 Å². The number of amides is 2. The van der Waals surface area contributed by atoms with Gasteiger partial charge in [0.25, 0.3) is 11.8 Å². The molecule has 0 atom stereocenters. The standard InChI is InChI=1S/C24H14ClF3N2O2S/c25-18-9-11-19(12-10-18)30-22(32)20(21(31)29-23(30)33)13-14-1-3-15(4-2-14)16-5-7-17(8-6-16)24(26,27)28/h1-13H,(H,29,31,33). The number of nitrogens with one attached hydrogen (secondary N) is 1. The number of hydrogen-bond donors (Lipinski definition) is 1. The van der Waals surface area contributed by atoms with E-state index in [4.69, 9.17) is 23.8 Å². The molecule has 166 valence electrons. The first-order valence-electron chi connectivity index (χ1n) is 9.58. The summed E-state index contributed by atoms with van der Waals surface area (Å²) in [6.07, 6.45) is -2.97. The number of alkyl halides is 3. The van der Waals surface area contributed by atoms with E-state index in [-0.39, 0.29) is 10.7 Å². The molecule has 4 rings (SSSR count). The van der Waals surface area contributed by atoms with Crippen LogP contribution in [0.1, 0.15) is 11.1 Å². The third kappa shape index (κ3) is 4.81. The van der Waals surface area contributed by atoms with E-state index in [1.165, 1.54) is 23.1 Å². The van der Waals surface area contributed by atoms with Gasteiger partial charge in [0.05, 0.1) is 11.3 Å². The van der Waals surface area contributed by atoms with Crippen molar-refractivity contribution in [2.45, 2.75) is 6.18 Å². The lowest BCUT2D eigenvalue weighted by atomic mass is 10.0. The normalized spacial score (nSPS) is 15.7. The van der Waals surface area contributed by atoms with Gasteiger partial charge in [-0.3, -0.25) is 19.8 Å². The van der Waals surface area contributed by atoms with E-state index < -0.39 is 23.6 Å². The number of halogens is 4. The minimum atomic E-state index is -4.40. The van der Waals surface area contributed by atoms with Crippen LogP contribution in [0.3, 0.4) is 0 Å². The summed E-state index contributed by atoms with van der Waals surface area (Å²) in [5.41, 5.74) is 1.48. The summed E-state index contributed by atoms with van der Waals surface area (Å²) < 4.78 is 38.3. The fourth-order valence-electron chi connectivity index (χ4n) is 3.27. The Kier molecular flexibility index (Phi) is 6.05. The number of carbonyl (C=O) groups excluding carboxylic acids is 2. The lowest BCUT2D eigenvalue weighted by Gasteiger charge is -2.28. The highest BCUT2D eigenvalue weighted by Gasteiger charge is 2.34. The zero-order valence-electron chi connectivity index (χ0n) is 16.7. The van der Waals surface area contributed by atoms with E-state index >= 15 is 0 Å². The SMILES string of the molecule is O=C1NC(=S)N(c2ccc(Cl)cc2)C(=O)C1=Cc1ccc(-c2ccc(C(F)(F)F)cc2)cc1. The van der Waals surface area contributed by atoms with Crippen LogP contribution in [0.5, 0.6) is 0 Å². The molecule has 0 radical (unpaired) electrons. The molecule has 3 aromatic rings. The lowest BCUT2D eigenvalue weighted by molar-refractivity contribution is -0.137. The summed E-state index contributed by atoms with van der Waals surface area (Å²) >= 11 is 11.1. The van der Waals surface area contributed by atoms with Crippen molar-refractivity contribution in [3.8, 4) is 11.1 Å². The van der Waals surface area contributed by atoms with Crippen molar-refractivity contribution in [3.63, 3.8) is 0 Å². The van der Waals surface area contributed by atoms with E-state index in [0.29, 0.717) is 27.4 Å². The maximum absolute atomic E-state index is 13.0. The number of hydrogen-bond acceptors (Lipinski definition) is 3. The molecule has 1 N–H and O–H groups in total. The Labute approximate surface area is 197 Å². The Hall–Kier alpha value is -3.49. The van der Waals surface area contributed by atoms with Crippen LogP contribution < -0.4 is 10.2 Å². The fraction of sp³-hybridized carbons (Fsp3) is 0.0417. The highest BCUT2D eigenvalue weighted by atomic mass is 35.5. The minimum Gasteiger partial charge on any atom is -0.298 e. The predicted molar refractivity (Wildman–Crippen MR) is 125 cm³/mol. The monoisotopic (exact) mass is 486 g/mol. The highest BCUT2D eigenvalue weighted by Crippen LogP contribution is 2.31. The molecule has 1 aliphatic rings. The number of thiocarbonyl (C=S) groups is 1. The number of benzene rings is 3. The Balaban J connectivity index is 1.60. The molecule has 9 heteroatoms. The van der Waals surface area contributed by atoms with Crippen molar-refractivity contribution >= 4 is 52.5 Å². The molecule has 0 bridgehead atoms. The lowest BCUT2D eigenvalue weighted by Crippen LogP contribution is -2.54. The van der Waals surface area contributed by atoms with Gasteiger partial charge in [-0.1, -0.05) is 48.0 Å². The summed E-state index contributed by atoms with van der Waals surface area (Å²) in [5, 5.41) is 2.95. The van der Waals surface area contributed by atoms with Crippen LogP contribution in [0.15, 0.2) is 78.4 Å². The van der Waals surface area contributed by atoms with Crippen LogP contribution in [0.4, 0.5) is 18.9 Å². The van der Waals surface area contributed by atoms with Crippen LogP contribution in [0.25, 0.3) is 17.2 Å². The Morgan fingerprint density at radius 3 is 1.94 bits per heavy atom. The van der Waals surface area contributed by atoms with Crippen molar-refractivity contribution < 1.29 is 22.8 Å². The summed E-state index contributed by atoms with van der Waals surface area (Å²) in [6.45, 7) is 0. The predicted octanol–water partition coefficient (Wildman–Crippen LogP) is 5.86. The van der Waals surface area contributed by atoms with Gasteiger partial charge in [0.1, 0.15) is 5.57 Å². The van der Waals surface area contributed by atoms with Crippen molar-refractivity contribution in [1.82, 2.24) is 5.32 Å². The second-order valence-corrected chi connectivity index (χ2v) is 7.95. The molecular formula is C24H14ClF3N2O2S. The molecule has 3 aromatic carbocycles. The maximum atomic E-state index is 13.0. The first-order chi connectivity index (χ1) is 15.6. The van der Waals surface area contributed by atoms with Gasteiger partial charge < -0.3 is 0 Å². The maximum Gasteiger partial charge on any atom is 0.416 e. The first kappa shape index (κ1) is 22.7. The largest absolute Gasteiger partial charge is 0.416 e. The van der Waals surface area contributed by atoms with Crippen LogP contribution in [-0.4, -0.2) is 16.9 Å². The summed E-state index contributed by atoms with van der Waals surface area (Å²) in [4.78, 5) is 26.7. The molecule has 0 aromatic heterocycles. The Bertz CT molecular complexity index is 1270. The first-order valence-corrected chi connectivity index (χ1v) is 10.4. The Morgan fingerprint density at radius 1 is 0.848 bits per heavy atom. The minimum absolute atomic E-state index is 0.0397. The van der Waals surface area contributed by atoms with Gasteiger partial charge in [0.15, 0.2) is 5.11 Å². The second kappa shape index (κ2) is 8.80. The smallest absolute Gasteiger partial charge is 0.298 e. The molecule has 33 heavy (non-hydrogen) atoms. The van der Waals surface area contributed by atoms with Crippen molar-refractivity contribution in [2.24, 2.45) is 0 Å². The molecule has 1 aliphatic heterocycles. The van der Waals surface area contributed by atoms with Gasteiger partial charge in [0, 0.05) is 5.02 Å². The van der Waals surface area contributed by atoms with Gasteiger partial charge in [0.2, 0.25) is 0 Å². The fourth-order valence-corrected chi connectivity index (χ4v) is 3.68. The molecule has 0 unspecified atom stereocenters. The molecule has 0 spiro atoms. The number of anilines is 1. The molecule has 1 heterocycles. The van der Waals surface area contributed by atoms with Gasteiger partial charge in [-0.05, 0) is 71.4 Å². The van der Waals surface area contributed by atoms with Crippen LogP contribution in [0.2, 0.25) is 5.02 Å². The van der Waals surface area contributed by atoms with Crippen LogP contribution >= 0.6 is 23.8 Å². The van der Waals surface area contributed by atoms with Crippen LogP contribution in [0, 0.1) is 0 Å². The molecule has 1 saturated heterocycles. The quantitative estimate of drug-likeness (QED) is 0.287. The Morgan fingerprint density at radius 2 is 1.39 bits per heavy atom. The third-order valence-electron chi connectivity index (χ3n) is 4.95. The number of nitrogens with zero attached hydrogens (tertiary/aromatic N) is 1. The van der Waals surface area contributed by atoms with Gasteiger partial charge in [-0.2, -0.15) is 13.2 Å². The zero-order valence-corrected chi connectivity index (χ0v) is 18.3. The van der Waals surface area contributed by atoms with E-state index in [1.807, 2.05) is 0 Å². The van der Waals surface area contributed by atoms with Crippen molar-refractivity contribution in [1.29, 1.82) is 0 Å². The van der Waals surface area contributed by atoms with Crippen LogP contribution in [-0.2, 0) is 15.8 Å². The summed E-state index contributed by atoms with van der Waals surface area (Å²) in [5.74, 6) is -1.21. The molecule has 4 nitrogen and oxygen atoms in total. The average molecular weight is 487 g/mol. The second-order valence-electron chi connectivity index (χ2n) is 7.13. The summed E-state index contributed by atoms with van der Waals surface area (Å²) in [6, 6.07) is 18.0. The number of carbonyl (C=O) groups is 2. The molecule has 0 saturated carbocycles. The van der Waals surface area contributed by atoms with Gasteiger partial charge >= 0.3 is 6.18 Å². The highest BCUT2D eigenvalue weighted by molar-refractivity contribution is 7.80. The van der Waals surface area contributed by atoms with E-state index in [1.54, 1.807) is 48.5 Å². The summed E-state index contributed by atoms with van der Waals surface area (Å²) in [7, 11) is 0. The topological polar surface area (TPSA) is 49.4 Å². The van der Waals surface area contributed by atoms with E-state index in [9.17, 15) is 22.8 Å². The molecule has 0 aliphatic carbocycles. The molecular weight excluding hydrogens is 473 g/mol. The van der Waals surface area contributed by atoms with Crippen molar-refractivity contribution in [2.75, 3.05) is 4.90 Å². The molecule has 2 amide bonds. The average Bonchev–Trinajstić information content (AvgIpc) is 2.78. The number of rotatable bonds is 3. The van der Waals surface area contributed by atoms with Crippen molar-refractivity contribution in [3.05, 3.63) is 94.5 Å². The zero-order chi connectivity index (χ0) is 23.8. The molecule has 1 fully saturated rings. The van der Waals surface area contributed by atoms with Gasteiger partial charge in [-0.25, -0.2) is 0 Å².